The summed E-state index contributed by atoms with van der Waals surface area (Å²) in [6.45, 7) is 4.19. The van der Waals surface area contributed by atoms with Gasteiger partial charge in [0.2, 0.25) is 0 Å². The maximum atomic E-state index is 13.6. The van der Waals surface area contributed by atoms with Crippen LogP contribution in [0.1, 0.15) is 19.4 Å². The van der Waals surface area contributed by atoms with E-state index in [0.717, 1.165) is 27.8 Å². The normalized spacial score (nSPS) is 11.7. The highest BCUT2D eigenvalue weighted by Gasteiger charge is 2.26. The fourth-order valence-electron chi connectivity index (χ4n) is 3.78. The van der Waals surface area contributed by atoms with Crippen molar-refractivity contribution in [3.05, 3.63) is 96.7 Å². The fraction of sp³-hybridized carbons (Fsp3) is 0.214. The molecule has 0 aliphatic carbocycles. The van der Waals surface area contributed by atoms with Crippen molar-refractivity contribution in [2.75, 3.05) is 11.6 Å². The molecule has 2 amide bonds. The molecule has 0 radical (unpaired) electrons. The standard InChI is InChI=1S/C28H30N4O3/c1-20(2)19-35-28(34)30-26(17-21-18-29-25-16-10-9-15-24(21)25)27(33)31-32(22-11-5-3-6-12-22)23-13-7-4-8-14-23/h3-16,18,20,26,29H,17,19H2,1-2H3,(H,30,34)(H,31,33)/t26-/m0/s1. The first kappa shape index (κ1) is 23.9. The number of fused-ring (bicyclic) bond motifs is 1. The van der Waals surface area contributed by atoms with Gasteiger partial charge in [0, 0.05) is 23.5 Å². The number of H-pyrrole nitrogens is 1. The lowest BCUT2D eigenvalue weighted by Crippen LogP contribution is -2.52. The van der Waals surface area contributed by atoms with E-state index in [9.17, 15) is 9.59 Å². The number of aromatic amines is 1. The number of benzene rings is 3. The van der Waals surface area contributed by atoms with Gasteiger partial charge >= 0.3 is 6.09 Å². The Balaban J connectivity index is 1.60. The van der Waals surface area contributed by atoms with E-state index in [-0.39, 0.29) is 18.4 Å². The first-order valence-electron chi connectivity index (χ1n) is 11.7. The van der Waals surface area contributed by atoms with Crippen LogP contribution in [0.3, 0.4) is 0 Å². The number of amides is 2. The van der Waals surface area contributed by atoms with Crippen LogP contribution in [0.4, 0.5) is 16.2 Å². The summed E-state index contributed by atoms with van der Waals surface area (Å²) in [5.41, 5.74) is 6.48. The van der Waals surface area contributed by atoms with Crippen molar-refractivity contribution in [1.82, 2.24) is 15.7 Å². The van der Waals surface area contributed by atoms with Crippen molar-refractivity contribution in [2.24, 2.45) is 5.92 Å². The van der Waals surface area contributed by atoms with Crippen molar-refractivity contribution < 1.29 is 14.3 Å². The number of rotatable bonds is 9. The Hall–Kier alpha value is -4.26. The Morgan fingerprint density at radius 2 is 1.49 bits per heavy atom. The summed E-state index contributed by atoms with van der Waals surface area (Å²) in [6.07, 6.45) is 1.55. The summed E-state index contributed by atoms with van der Waals surface area (Å²) in [6, 6.07) is 26.1. The molecule has 7 heteroatoms. The van der Waals surface area contributed by atoms with Crippen LogP contribution in [-0.4, -0.2) is 29.6 Å². The molecule has 0 fully saturated rings. The van der Waals surface area contributed by atoms with Crippen molar-refractivity contribution in [1.29, 1.82) is 0 Å². The average molecular weight is 471 g/mol. The van der Waals surface area contributed by atoms with Gasteiger partial charge in [-0.05, 0) is 41.8 Å². The monoisotopic (exact) mass is 470 g/mol. The SMILES string of the molecule is CC(C)COC(=O)N[C@@H](Cc1c[nH]c2ccccc12)C(=O)NN(c1ccccc1)c1ccccc1. The zero-order valence-corrected chi connectivity index (χ0v) is 19.9. The number of anilines is 2. The number of carbonyl (C=O) groups excluding carboxylic acids is 2. The summed E-state index contributed by atoms with van der Waals surface area (Å²) in [5.74, 6) is -0.169. The minimum atomic E-state index is -0.858. The lowest BCUT2D eigenvalue weighted by atomic mass is 10.0. The molecule has 1 aromatic heterocycles. The molecule has 1 heterocycles. The van der Waals surface area contributed by atoms with Gasteiger partial charge in [-0.3, -0.25) is 15.2 Å². The lowest BCUT2D eigenvalue weighted by Gasteiger charge is -2.28. The van der Waals surface area contributed by atoms with Crippen molar-refractivity contribution in [2.45, 2.75) is 26.3 Å². The minimum absolute atomic E-state index is 0.188. The van der Waals surface area contributed by atoms with Crippen LogP contribution in [0.2, 0.25) is 0 Å². The predicted octanol–water partition coefficient (Wildman–Crippen LogP) is 5.33. The molecule has 0 saturated heterocycles. The molecule has 0 aliphatic heterocycles. The number of hydrogen-bond acceptors (Lipinski definition) is 4. The average Bonchev–Trinajstić information content (AvgIpc) is 3.29. The Morgan fingerprint density at radius 1 is 0.886 bits per heavy atom. The number of nitrogens with one attached hydrogen (secondary N) is 3. The second kappa shape index (κ2) is 11.2. The predicted molar refractivity (Wildman–Crippen MR) is 138 cm³/mol. The zero-order valence-electron chi connectivity index (χ0n) is 19.9. The summed E-state index contributed by atoms with van der Waals surface area (Å²) in [7, 11) is 0. The van der Waals surface area contributed by atoms with E-state index < -0.39 is 12.1 Å². The third kappa shape index (κ3) is 6.20. The van der Waals surface area contributed by atoms with Crippen molar-refractivity contribution in [3.63, 3.8) is 0 Å². The number of alkyl carbamates (subject to hydrolysis) is 1. The molecule has 7 nitrogen and oxygen atoms in total. The Labute approximate surface area is 205 Å². The summed E-state index contributed by atoms with van der Waals surface area (Å²) in [4.78, 5) is 29.4. The van der Waals surface area contributed by atoms with Crippen LogP contribution < -0.4 is 15.8 Å². The first-order chi connectivity index (χ1) is 17.0. The van der Waals surface area contributed by atoms with Gasteiger partial charge in [0.15, 0.2) is 0 Å². The Kier molecular flexibility index (Phi) is 7.67. The van der Waals surface area contributed by atoms with Gasteiger partial charge < -0.3 is 15.0 Å². The molecule has 0 aliphatic rings. The summed E-state index contributed by atoms with van der Waals surface area (Å²) in [5, 5.41) is 5.49. The molecular weight excluding hydrogens is 440 g/mol. The van der Waals surface area contributed by atoms with Crippen molar-refractivity contribution >= 4 is 34.3 Å². The quantitative estimate of drug-likeness (QED) is 0.289. The number of nitrogens with zero attached hydrogens (tertiary/aromatic N) is 1. The number of hydrazine groups is 1. The van der Waals surface area contributed by atoms with E-state index in [2.05, 4.69) is 15.7 Å². The fourth-order valence-corrected chi connectivity index (χ4v) is 3.78. The third-order valence-electron chi connectivity index (χ3n) is 5.51. The molecule has 35 heavy (non-hydrogen) atoms. The van der Waals surface area contributed by atoms with Gasteiger partial charge in [-0.2, -0.15) is 0 Å². The van der Waals surface area contributed by atoms with Crippen LogP contribution in [0.25, 0.3) is 10.9 Å². The van der Waals surface area contributed by atoms with Gasteiger partial charge in [-0.25, -0.2) is 4.79 Å². The van der Waals surface area contributed by atoms with E-state index in [4.69, 9.17) is 4.74 Å². The topological polar surface area (TPSA) is 86.5 Å². The molecule has 4 aromatic rings. The molecular formula is C28H30N4O3. The van der Waals surface area contributed by atoms with Gasteiger partial charge in [-0.1, -0.05) is 68.4 Å². The molecule has 0 spiro atoms. The summed E-state index contributed by atoms with van der Waals surface area (Å²) < 4.78 is 5.31. The van der Waals surface area contributed by atoms with Crippen molar-refractivity contribution in [3.8, 4) is 0 Å². The van der Waals surface area contributed by atoms with Gasteiger partial charge in [-0.15, -0.1) is 0 Å². The second-order valence-electron chi connectivity index (χ2n) is 8.74. The molecule has 4 rings (SSSR count). The molecule has 180 valence electrons. The first-order valence-corrected chi connectivity index (χ1v) is 11.7. The van der Waals surface area contributed by atoms with Crippen LogP contribution in [0.15, 0.2) is 91.1 Å². The highest BCUT2D eigenvalue weighted by Crippen LogP contribution is 2.23. The van der Waals surface area contributed by atoms with Crippen LogP contribution in [0.5, 0.6) is 0 Å². The number of hydrogen-bond donors (Lipinski definition) is 3. The number of carbonyl (C=O) groups is 2. The van der Waals surface area contributed by atoms with Gasteiger partial charge in [0.05, 0.1) is 18.0 Å². The highest BCUT2D eigenvalue weighted by atomic mass is 16.5. The molecule has 0 bridgehead atoms. The maximum Gasteiger partial charge on any atom is 0.407 e. The molecule has 1 atom stereocenters. The molecule has 3 N–H and O–H groups in total. The van der Waals surface area contributed by atoms with E-state index in [1.807, 2.05) is 105 Å². The second-order valence-corrected chi connectivity index (χ2v) is 8.74. The van der Waals surface area contributed by atoms with Crippen LogP contribution >= 0.6 is 0 Å². The third-order valence-corrected chi connectivity index (χ3v) is 5.51. The van der Waals surface area contributed by atoms with Gasteiger partial charge in [0.25, 0.3) is 5.91 Å². The molecule has 0 saturated carbocycles. The molecule has 3 aromatic carbocycles. The number of ether oxygens (including phenoxy) is 1. The number of aromatic nitrogens is 1. The maximum absolute atomic E-state index is 13.6. The van der Waals surface area contributed by atoms with E-state index in [1.165, 1.54) is 0 Å². The number of para-hydroxylation sites is 3. The van der Waals surface area contributed by atoms with Crippen LogP contribution in [-0.2, 0) is 16.0 Å². The van der Waals surface area contributed by atoms with E-state index in [0.29, 0.717) is 6.42 Å². The molecule has 0 unspecified atom stereocenters. The Morgan fingerprint density at radius 3 is 2.11 bits per heavy atom. The Bertz CT molecular complexity index is 1220. The van der Waals surface area contributed by atoms with Gasteiger partial charge in [0.1, 0.15) is 6.04 Å². The minimum Gasteiger partial charge on any atom is -0.449 e. The largest absolute Gasteiger partial charge is 0.449 e. The van der Waals surface area contributed by atoms with E-state index in [1.54, 1.807) is 5.01 Å². The summed E-state index contributed by atoms with van der Waals surface area (Å²) >= 11 is 0. The zero-order chi connectivity index (χ0) is 24.6. The lowest BCUT2D eigenvalue weighted by molar-refractivity contribution is -0.123. The van der Waals surface area contributed by atoms with Crippen LogP contribution in [0, 0.1) is 5.92 Å². The highest BCUT2D eigenvalue weighted by molar-refractivity contribution is 5.90. The van der Waals surface area contributed by atoms with E-state index >= 15 is 0 Å². The smallest absolute Gasteiger partial charge is 0.407 e.